The molecule has 29 heavy (non-hydrogen) atoms. The average Bonchev–Trinajstić information content (AvgIpc) is 2.77. The van der Waals surface area contributed by atoms with Gasteiger partial charge < -0.3 is 15.4 Å². The molecule has 0 unspecified atom stereocenters. The predicted octanol–water partition coefficient (Wildman–Crippen LogP) is 1.48. The van der Waals surface area contributed by atoms with Gasteiger partial charge in [0, 0.05) is 42.9 Å². The summed E-state index contributed by atoms with van der Waals surface area (Å²) in [5.74, 6) is -0.772. The number of hydrogen-bond acceptors (Lipinski definition) is 6. The summed E-state index contributed by atoms with van der Waals surface area (Å²) in [6, 6.07) is 5.44. The van der Waals surface area contributed by atoms with E-state index < -0.39 is 10.8 Å². The lowest BCUT2D eigenvalue weighted by atomic mass is 9.79. The van der Waals surface area contributed by atoms with Crippen molar-refractivity contribution in [2.24, 2.45) is 0 Å². The molecule has 2 amide bonds. The molecule has 0 bridgehead atoms. The van der Waals surface area contributed by atoms with E-state index in [1.54, 1.807) is 0 Å². The maximum atomic E-state index is 12.3. The summed E-state index contributed by atoms with van der Waals surface area (Å²) in [7, 11) is 0. The molecule has 1 aromatic rings. The topological polar surface area (TPSA) is 114 Å². The van der Waals surface area contributed by atoms with Gasteiger partial charge in [0.2, 0.25) is 5.91 Å². The number of ether oxygens (including phenoxy) is 1. The van der Waals surface area contributed by atoms with E-state index in [-0.39, 0.29) is 29.2 Å². The van der Waals surface area contributed by atoms with Gasteiger partial charge in [0.1, 0.15) is 0 Å². The molecule has 2 aliphatic rings. The zero-order chi connectivity index (χ0) is 20.7. The van der Waals surface area contributed by atoms with E-state index in [1.807, 2.05) is 0 Å². The van der Waals surface area contributed by atoms with Gasteiger partial charge in [0.25, 0.3) is 11.6 Å². The monoisotopic (exact) mass is 404 g/mol. The molecule has 1 aliphatic heterocycles. The summed E-state index contributed by atoms with van der Waals surface area (Å²) in [5, 5.41) is 16.4. The predicted molar refractivity (Wildman–Crippen MR) is 107 cm³/mol. The van der Waals surface area contributed by atoms with Gasteiger partial charge in [-0.2, -0.15) is 0 Å². The van der Waals surface area contributed by atoms with Gasteiger partial charge in [-0.3, -0.25) is 24.6 Å². The second-order valence-corrected chi connectivity index (χ2v) is 7.65. The van der Waals surface area contributed by atoms with Crippen LogP contribution < -0.4 is 10.6 Å². The molecule has 1 heterocycles. The number of carbonyl (C=O) groups is 2. The van der Waals surface area contributed by atoms with Crippen LogP contribution in [0, 0.1) is 10.1 Å². The number of amides is 2. The van der Waals surface area contributed by atoms with Crippen LogP contribution in [0.25, 0.3) is 0 Å². The summed E-state index contributed by atoms with van der Waals surface area (Å²) in [6.07, 6.45) is 5.62. The first kappa shape index (κ1) is 21.2. The molecule has 9 heteroatoms. The number of non-ortho nitro benzene ring substituents is 1. The Morgan fingerprint density at radius 1 is 1.14 bits per heavy atom. The first-order chi connectivity index (χ1) is 14.0. The molecule has 0 spiro atoms. The molecule has 158 valence electrons. The summed E-state index contributed by atoms with van der Waals surface area (Å²) in [5.41, 5.74) is -0.0437. The summed E-state index contributed by atoms with van der Waals surface area (Å²) in [4.78, 5) is 37.3. The number of rotatable bonds is 7. The van der Waals surface area contributed by atoms with Gasteiger partial charge in [-0.1, -0.05) is 25.3 Å². The molecule has 0 atom stereocenters. The van der Waals surface area contributed by atoms with Crippen molar-refractivity contribution in [1.29, 1.82) is 0 Å². The standard InChI is InChI=1S/C20H28N4O5/c25-18(14-21-19(26)16-5-4-6-17(13-16)24(27)28)22-15-20(7-2-1-3-8-20)23-9-11-29-12-10-23/h4-6,13H,1-3,7-12,14-15H2,(H,21,26)(H,22,25). The summed E-state index contributed by atoms with van der Waals surface area (Å²) in [6.45, 7) is 3.57. The fraction of sp³-hybridized carbons (Fsp3) is 0.600. The van der Waals surface area contributed by atoms with Crippen molar-refractivity contribution < 1.29 is 19.2 Å². The fourth-order valence-corrected chi connectivity index (χ4v) is 4.20. The lowest BCUT2D eigenvalue weighted by Gasteiger charge is -2.48. The molecule has 1 saturated carbocycles. The van der Waals surface area contributed by atoms with Crippen LogP contribution in [0.5, 0.6) is 0 Å². The van der Waals surface area contributed by atoms with Gasteiger partial charge in [0.05, 0.1) is 24.7 Å². The summed E-state index contributed by atoms with van der Waals surface area (Å²) < 4.78 is 5.47. The van der Waals surface area contributed by atoms with Gasteiger partial charge >= 0.3 is 0 Å². The number of nitro benzene ring substituents is 1. The average molecular weight is 404 g/mol. The Balaban J connectivity index is 1.52. The minimum atomic E-state index is -0.557. The Morgan fingerprint density at radius 3 is 2.55 bits per heavy atom. The Kier molecular flexibility index (Phi) is 7.16. The van der Waals surface area contributed by atoms with Crippen LogP contribution in [0.15, 0.2) is 24.3 Å². The fourth-order valence-electron chi connectivity index (χ4n) is 4.20. The van der Waals surface area contributed by atoms with Crippen LogP contribution >= 0.6 is 0 Å². The maximum Gasteiger partial charge on any atom is 0.270 e. The van der Waals surface area contributed by atoms with Crippen LogP contribution in [0.3, 0.4) is 0 Å². The number of nitro groups is 1. The molecule has 3 rings (SSSR count). The van der Waals surface area contributed by atoms with E-state index in [9.17, 15) is 19.7 Å². The normalized spacial score (nSPS) is 19.3. The Labute approximate surface area is 169 Å². The minimum Gasteiger partial charge on any atom is -0.379 e. The van der Waals surface area contributed by atoms with Gasteiger partial charge in [-0.25, -0.2) is 0 Å². The zero-order valence-electron chi connectivity index (χ0n) is 16.5. The number of nitrogens with one attached hydrogen (secondary N) is 2. The van der Waals surface area contributed by atoms with E-state index in [4.69, 9.17) is 4.74 Å². The van der Waals surface area contributed by atoms with Crippen molar-refractivity contribution in [3.8, 4) is 0 Å². The third-order valence-corrected chi connectivity index (χ3v) is 5.81. The molecular formula is C20H28N4O5. The number of carbonyl (C=O) groups excluding carboxylic acids is 2. The van der Waals surface area contributed by atoms with Crippen molar-refractivity contribution in [3.05, 3.63) is 39.9 Å². The van der Waals surface area contributed by atoms with E-state index in [0.717, 1.165) is 52.0 Å². The third kappa shape index (κ3) is 5.51. The van der Waals surface area contributed by atoms with Crippen LogP contribution in [0.4, 0.5) is 5.69 Å². The van der Waals surface area contributed by atoms with E-state index in [2.05, 4.69) is 15.5 Å². The first-order valence-corrected chi connectivity index (χ1v) is 10.1. The highest BCUT2D eigenvalue weighted by atomic mass is 16.6. The molecule has 0 radical (unpaired) electrons. The van der Waals surface area contributed by atoms with E-state index >= 15 is 0 Å². The molecule has 2 N–H and O–H groups in total. The lowest BCUT2D eigenvalue weighted by Crippen LogP contribution is -2.60. The van der Waals surface area contributed by atoms with Crippen molar-refractivity contribution in [2.45, 2.75) is 37.6 Å². The lowest BCUT2D eigenvalue weighted by molar-refractivity contribution is -0.384. The molecule has 0 aromatic heterocycles. The van der Waals surface area contributed by atoms with E-state index in [1.165, 1.54) is 30.7 Å². The molecule has 9 nitrogen and oxygen atoms in total. The molecular weight excluding hydrogens is 376 g/mol. The van der Waals surface area contributed by atoms with Crippen LogP contribution in [0.1, 0.15) is 42.5 Å². The third-order valence-electron chi connectivity index (χ3n) is 5.81. The van der Waals surface area contributed by atoms with Gasteiger partial charge in [-0.05, 0) is 18.9 Å². The quantitative estimate of drug-likeness (QED) is 0.526. The Bertz CT molecular complexity index is 742. The Morgan fingerprint density at radius 2 is 1.86 bits per heavy atom. The number of morpholine rings is 1. The smallest absolute Gasteiger partial charge is 0.270 e. The molecule has 1 aromatic carbocycles. The second kappa shape index (κ2) is 9.80. The largest absolute Gasteiger partial charge is 0.379 e. The maximum absolute atomic E-state index is 12.3. The Hall–Kier alpha value is -2.52. The zero-order valence-corrected chi connectivity index (χ0v) is 16.5. The van der Waals surface area contributed by atoms with Crippen molar-refractivity contribution in [1.82, 2.24) is 15.5 Å². The van der Waals surface area contributed by atoms with Gasteiger partial charge in [0.15, 0.2) is 0 Å². The van der Waals surface area contributed by atoms with Crippen LogP contribution in [-0.4, -0.2) is 66.6 Å². The second-order valence-electron chi connectivity index (χ2n) is 7.65. The van der Waals surface area contributed by atoms with Crippen molar-refractivity contribution in [2.75, 3.05) is 39.4 Å². The van der Waals surface area contributed by atoms with Crippen molar-refractivity contribution >= 4 is 17.5 Å². The number of nitrogens with zero attached hydrogens (tertiary/aromatic N) is 2. The number of hydrogen-bond donors (Lipinski definition) is 2. The number of benzene rings is 1. The SMILES string of the molecule is O=C(CNC(=O)c1cccc([N+](=O)[O-])c1)NCC1(N2CCOCC2)CCCCC1. The highest BCUT2D eigenvalue weighted by Crippen LogP contribution is 2.33. The summed E-state index contributed by atoms with van der Waals surface area (Å²) >= 11 is 0. The van der Waals surface area contributed by atoms with Crippen molar-refractivity contribution in [3.63, 3.8) is 0 Å². The highest BCUT2D eigenvalue weighted by molar-refractivity contribution is 5.96. The van der Waals surface area contributed by atoms with Gasteiger partial charge in [-0.15, -0.1) is 0 Å². The van der Waals surface area contributed by atoms with Crippen LogP contribution in [0.2, 0.25) is 0 Å². The van der Waals surface area contributed by atoms with Crippen LogP contribution in [-0.2, 0) is 9.53 Å². The molecule has 1 aliphatic carbocycles. The molecule has 1 saturated heterocycles. The first-order valence-electron chi connectivity index (χ1n) is 10.1. The highest BCUT2D eigenvalue weighted by Gasteiger charge is 2.38. The molecule has 2 fully saturated rings. The van der Waals surface area contributed by atoms with E-state index in [0.29, 0.717) is 6.54 Å². The minimum absolute atomic E-state index is 0.0399.